The number of anilines is 1. The number of rotatable bonds is 8. The van der Waals surface area contributed by atoms with Crippen LogP contribution in [-0.2, 0) is 24.0 Å². The minimum Gasteiger partial charge on any atom is -0.479 e. The molecular formula is C16H17N5O8S2. The van der Waals surface area contributed by atoms with Crippen LogP contribution in [0, 0.1) is 0 Å². The third-order valence-corrected chi connectivity index (χ3v) is 6.03. The molecular weight excluding hydrogens is 454 g/mol. The monoisotopic (exact) mass is 471 g/mol. The molecule has 0 bridgehead atoms. The van der Waals surface area contributed by atoms with E-state index in [4.69, 9.17) is 10.8 Å². The number of nitrogens with zero attached hydrogens (tertiary/aromatic N) is 3. The van der Waals surface area contributed by atoms with E-state index in [2.05, 4.69) is 26.9 Å². The fraction of sp³-hybridized carbons (Fsp3) is 0.250. The number of nitrogens with one attached hydrogen (secondary N) is 1. The molecule has 2 atom stereocenters. The second-order valence-corrected chi connectivity index (χ2v) is 7.92. The average Bonchev–Trinajstić information content (AvgIpc) is 3.13. The quantitative estimate of drug-likeness (QED) is 0.198. The van der Waals surface area contributed by atoms with E-state index in [1.54, 1.807) is 0 Å². The van der Waals surface area contributed by atoms with E-state index < -0.39 is 41.8 Å². The van der Waals surface area contributed by atoms with E-state index in [0.717, 1.165) is 16.2 Å². The Balaban J connectivity index is 0.00000341. The van der Waals surface area contributed by atoms with E-state index in [9.17, 15) is 24.3 Å². The van der Waals surface area contributed by atoms with Crippen molar-refractivity contribution in [3.05, 3.63) is 35.0 Å². The minimum atomic E-state index is -1.30. The fourth-order valence-electron chi connectivity index (χ4n) is 2.76. The zero-order valence-corrected chi connectivity index (χ0v) is 17.2. The van der Waals surface area contributed by atoms with Crippen LogP contribution in [0.5, 0.6) is 0 Å². The second-order valence-electron chi connectivity index (χ2n) is 5.92. The van der Waals surface area contributed by atoms with Crippen LogP contribution in [0.2, 0.25) is 0 Å². The molecule has 0 saturated carbocycles. The van der Waals surface area contributed by atoms with Crippen LogP contribution in [0.25, 0.3) is 0 Å². The minimum absolute atomic E-state index is 0. The maximum absolute atomic E-state index is 12.7. The standard InChI is InChI=1S/C16H15N5O7S2.H2O/c1-2-6-4-29-14-10(13(25)21(14)11(6)15(26)27)19-12(24)9(20-28-3-8(22)23)7-5-30-16(17)18-7;/h2,5,10,14H,1,3-4H2,(H2,17,18)(H,19,24)(H,22,23)(H,26,27);1H2/b20-9-;/t10-,14-;/m1./s1. The largest absolute Gasteiger partial charge is 0.479 e. The van der Waals surface area contributed by atoms with Crippen molar-refractivity contribution in [2.45, 2.75) is 11.4 Å². The van der Waals surface area contributed by atoms with Crippen molar-refractivity contribution in [3.63, 3.8) is 0 Å². The maximum atomic E-state index is 12.7. The average molecular weight is 471 g/mol. The van der Waals surface area contributed by atoms with Gasteiger partial charge in [-0.3, -0.25) is 14.5 Å². The van der Waals surface area contributed by atoms with E-state index in [0.29, 0.717) is 11.3 Å². The SMILES string of the molecule is C=CC1=C(C(=O)O)N2C(=O)[C@@H](NC(=O)/C(=N\OCC(=O)O)c3csc(N)n3)[C@H]2SC1.O. The number of thiazole rings is 1. The van der Waals surface area contributed by atoms with Crippen molar-refractivity contribution in [2.75, 3.05) is 18.1 Å². The second kappa shape index (κ2) is 9.59. The van der Waals surface area contributed by atoms with Crippen molar-refractivity contribution in [2.24, 2.45) is 5.16 Å². The smallest absolute Gasteiger partial charge is 0.352 e. The molecule has 0 aromatic carbocycles. The summed E-state index contributed by atoms with van der Waals surface area (Å²) >= 11 is 2.30. The number of thioether (sulfide) groups is 1. The molecule has 2 amide bonds. The Kier molecular flexibility index (Phi) is 7.37. The molecule has 3 heterocycles. The lowest BCUT2D eigenvalue weighted by atomic mass is 10.0. The van der Waals surface area contributed by atoms with Gasteiger partial charge in [-0.15, -0.1) is 23.1 Å². The summed E-state index contributed by atoms with van der Waals surface area (Å²) in [5.74, 6) is -3.72. The topological polar surface area (TPSA) is 216 Å². The van der Waals surface area contributed by atoms with Gasteiger partial charge in [0.05, 0.1) is 0 Å². The van der Waals surface area contributed by atoms with Crippen LogP contribution in [-0.4, -0.2) is 78.8 Å². The van der Waals surface area contributed by atoms with Gasteiger partial charge in [-0.1, -0.05) is 17.8 Å². The number of allylic oxidation sites excluding steroid dienone is 1. The number of aromatic nitrogens is 1. The lowest BCUT2D eigenvalue weighted by molar-refractivity contribution is -0.150. The lowest BCUT2D eigenvalue weighted by Gasteiger charge is -2.49. The Morgan fingerprint density at radius 1 is 1.45 bits per heavy atom. The van der Waals surface area contributed by atoms with E-state index in [1.165, 1.54) is 23.2 Å². The van der Waals surface area contributed by atoms with Crippen LogP contribution >= 0.6 is 23.1 Å². The van der Waals surface area contributed by atoms with Crippen LogP contribution in [0.4, 0.5) is 5.13 Å². The number of carbonyl (C=O) groups excluding carboxylic acids is 2. The van der Waals surface area contributed by atoms with E-state index in [1.807, 2.05) is 0 Å². The molecule has 13 nitrogen and oxygen atoms in total. The van der Waals surface area contributed by atoms with Crippen molar-refractivity contribution in [3.8, 4) is 0 Å². The molecule has 0 radical (unpaired) electrons. The highest BCUT2D eigenvalue weighted by atomic mass is 32.2. The first-order valence-corrected chi connectivity index (χ1v) is 10.1. The van der Waals surface area contributed by atoms with Crippen molar-refractivity contribution in [1.29, 1.82) is 0 Å². The summed E-state index contributed by atoms with van der Waals surface area (Å²) in [6, 6.07) is -1.01. The molecule has 1 saturated heterocycles. The zero-order valence-electron chi connectivity index (χ0n) is 15.6. The van der Waals surface area contributed by atoms with Gasteiger partial charge < -0.3 is 31.6 Å². The highest BCUT2D eigenvalue weighted by Gasteiger charge is 2.54. The van der Waals surface area contributed by atoms with Crippen LogP contribution in [0.15, 0.2) is 34.5 Å². The number of β-lactam (4-membered cyclic amide) rings is 1. The number of nitrogens with two attached hydrogens (primary N) is 1. The lowest BCUT2D eigenvalue weighted by Crippen LogP contribution is -2.71. The number of fused-ring (bicyclic) bond motifs is 1. The fourth-order valence-corrected chi connectivity index (χ4v) is 4.65. The predicted molar refractivity (Wildman–Crippen MR) is 110 cm³/mol. The van der Waals surface area contributed by atoms with Crippen LogP contribution in [0.3, 0.4) is 0 Å². The van der Waals surface area contributed by atoms with Gasteiger partial charge in [0.25, 0.3) is 11.8 Å². The normalized spacial score (nSPS) is 20.2. The van der Waals surface area contributed by atoms with Gasteiger partial charge in [0.15, 0.2) is 10.8 Å². The first-order chi connectivity index (χ1) is 14.2. The van der Waals surface area contributed by atoms with Gasteiger partial charge in [-0.2, -0.15) is 0 Å². The molecule has 31 heavy (non-hydrogen) atoms. The molecule has 166 valence electrons. The van der Waals surface area contributed by atoms with Crippen molar-refractivity contribution < 1.29 is 39.7 Å². The highest BCUT2D eigenvalue weighted by molar-refractivity contribution is 8.00. The van der Waals surface area contributed by atoms with Crippen LogP contribution < -0.4 is 11.1 Å². The molecule has 0 spiro atoms. The Morgan fingerprint density at radius 2 is 2.16 bits per heavy atom. The predicted octanol–water partition coefficient (Wildman–Crippen LogP) is -1.37. The van der Waals surface area contributed by atoms with Crippen molar-refractivity contribution >= 4 is 57.7 Å². The zero-order chi connectivity index (χ0) is 22.0. The number of carboxylic acids is 2. The maximum Gasteiger partial charge on any atom is 0.352 e. The first-order valence-electron chi connectivity index (χ1n) is 8.22. The van der Waals surface area contributed by atoms with E-state index >= 15 is 0 Å². The van der Waals surface area contributed by atoms with Gasteiger partial charge in [0.2, 0.25) is 6.61 Å². The number of hydrogen-bond acceptors (Lipinski definition) is 10. The number of oxime groups is 1. The van der Waals surface area contributed by atoms with Gasteiger partial charge in [-0.25, -0.2) is 14.6 Å². The Hall–Kier alpha value is -3.43. The first kappa shape index (κ1) is 23.8. The van der Waals surface area contributed by atoms with E-state index in [-0.39, 0.29) is 27.7 Å². The van der Waals surface area contributed by atoms with Gasteiger partial charge in [0, 0.05) is 11.1 Å². The molecule has 15 heteroatoms. The third-order valence-electron chi connectivity index (χ3n) is 4.06. The molecule has 0 unspecified atom stereocenters. The van der Waals surface area contributed by atoms with Gasteiger partial charge in [0.1, 0.15) is 22.8 Å². The summed E-state index contributed by atoms with van der Waals surface area (Å²) in [5, 5.41) is 25.0. The van der Waals surface area contributed by atoms with Gasteiger partial charge >= 0.3 is 11.9 Å². The summed E-state index contributed by atoms with van der Waals surface area (Å²) in [6.45, 7) is 2.77. The highest BCUT2D eigenvalue weighted by Crippen LogP contribution is 2.40. The molecule has 7 N–H and O–H groups in total. The number of amides is 2. The van der Waals surface area contributed by atoms with Crippen molar-refractivity contribution in [1.82, 2.24) is 15.2 Å². The number of carbonyl (C=O) groups is 4. The Labute approximate surface area is 182 Å². The summed E-state index contributed by atoms with van der Waals surface area (Å²) in [4.78, 5) is 57.1. The Bertz CT molecular complexity index is 1000. The molecule has 2 aliphatic rings. The molecule has 3 rings (SSSR count). The number of hydrogen-bond donors (Lipinski definition) is 4. The summed E-state index contributed by atoms with van der Waals surface area (Å²) < 4.78 is 0. The Morgan fingerprint density at radius 3 is 2.71 bits per heavy atom. The van der Waals surface area contributed by atoms with Gasteiger partial charge in [-0.05, 0) is 5.57 Å². The molecule has 1 aromatic rings. The molecule has 1 aromatic heterocycles. The summed E-state index contributed by atoms with van der Waals surface area (Å²) in [7, 11) is 0. The number of nitrogen functional groups attached to an aromatic ring is 1. The summed E-state index contributed by atoms with van der Waals surface area (Å²) in [5.41, 5.74) is 5.48. The molecule has 0 aliphatic carbocycles. The van der Waals surface area contributed by atoms with Crippen LogP contribution in [0.1, 0.15) is 5.69 Å². The third kappa shape index (κ3) is 4.68. The molecule has 1 fully saturated rings. The number of carboxylic acid groups (broad SMARTS) is 2. The summed E-state index contributed by atoms with van der Waals surface area (Å²) in [6.07, 6.45) is 1.38. The number of aliphatic carboxylic acids is 2. The molecule has 2 aliphatic heterocycles.